The molecule has 2 heteroatoms. The van der Waals surface area contributed by atoms with Gasteiger partial charge in [-0.15, -0.1) is 0 Å². The molecule has 0 radical (unpaired) electrons. The van der Waals surface area contributed by atoms with Gasteiger partial charge in [-0.2, -0.15) is 0 Å². The van der Waals surface area contributed by atoms with Crippen LogP contribution in [0, 0.1) is 0 Å². The van der Waals surface area contributed by atoms with E-state index in [9.17, 15) is 0 Å². The molecular weight excluding hydrogens is 158 g/mol. The fourth-order valence-corrected chi connectivity index (χ4v) is 1.30. The zero-order valence-corrected chi connectivity index (χ0v) is 6.91. The normalized spacial score (nSPS) is 15.0. The Labute approximate surface area is 48.4 Å². The third-order valence-electron chi connectivity index (χ3n) is 0.814. The van der Waals surface area contributed by atoms with Crippen molar-refractivity contribution in [2.24, 2.45) is 0 Å². The van der Waals surface area contributed by atoms with Gasteiger partial charge < -0.3 is 0 Å². The van der Waals surface area contributed by atoms with Crippen molar-refractivity contribution < 1.29 is 0 Å². The van der Waals surface area contributed by atoms with Gasteiger partial charge in [-0.25, -0.2) is 0 Å². The first kappa shape index (κ1) is 6.82. The van der Waals surface area contributed by atoms with E-state index in [1.165, 1.54) is 6.42 Å². The van der Waals surface area contributed by atoms with E-state index in [2.05, 4.69) is 28.9 Å². The van der Waals surface area contributed by atoms with Crippen LogP contribution in [0.15, 0.2) is 0 Å². The maximum atomic E-state index is 3.02. The third kappa shape index (κ3) is 3.03. The maximum absolute atomic E-state index is 3.02. The average molecular weight is 168 g/mol. The van der Waals surface area contributed by atoms with Gasteiger partial charge in [0.2, 0.25) is 0 Å². The summed E-state index contributed by atoms with van der Waals surface area (Å²) in [7, 11) is 0. The molecule has 2 atom stereocenters. The van der Waals surface area contributed by atoms with Crippen LogP contribution in [0.25, 0.3) is 0 Å². The summed E-state index contributed by atoms with van der Waals surface area (Å²) in [4.78, 5) is 0. The molecule has 36 valence electrons. The van der Waals surface area contributed by atoms with Crippen molar-refractivity contribution in [3.05, 3.63) is 0 Å². The summed E-state index contributed by atoms with van der Waals surface area (Å²) in [5.74, 6) is 0. The molecule has 0 heterocycles. The fourth-order valence-electron chi connectivity index (χ4n) is 0.0833. The van der Waals surface area contributed by atoms with E-state index in [1.807, 2.05) is 0 Å². The number of hydrogen-bond acceptors (Lipinski definition) is 0. The SMILES string of the molecule is CCC(C)[PH+]=[Se]. The molecule has 0 spiro atoms. The molecule has 0 saturated heterocycles. The second kappa shape index (κ2) is 3.99. The zero-order chi connectivity index (χ0) is 4.99. The van der Waals surface area contributed by atoms with E-state index < -0.39 is 0 Å². The summed E-state index contributed by atoms with van der Waals surface area (Å²) in [5, 5.41) is 0. The second-order valence-electron chi connectivity index (χ2n) is 1.43. The van der Waals surface area contributed by atoms with Gasteiger partial charge in [-0.1, -0.05) is 0 Å². The molecule has 0 aromatic carbocycles. The predicted octanol–water partition coefficient (Wildman–Crippen LogP) is 1.55. The van der Waals surface area contributed by atoms with E-state index in [-0.39, 0.29) is 0 Å². The molecule has 0 nitrogen and oxygen atoms in total. The Kier molecular flexibility index (Phi) is 4.54. The first-order valence-electron chi connectivity index (χ1n) is 2.19. The molecular formula is C4H10PSe+. The average Bonchev–Trinajstić information content (AvgIpc) is 1.65. The summed E-state index contributed by atoms with van der Waals surface area (Å²) in [6, 6.07) is 0. The number of hydrogen-bond donors (Lipinski definition) is 0. The third-order valence-corrected chi connectivity index (χ3v) is 4.16. The molecule has 2 unspecified atom stereocenters. The van der Waals surface area contributed by atoms with Crippen LogP contribution in [0.2, 0.25) is 0 Å². The quantitative estimate of drug-likeness (QED) is 0.433. The van der Waals surface area contributed by atoms with Gasteiger partial charge in [0.15, 0.2) is 0 Å². The van der Waals surface area contributed by atoms with Crippen LogP contribution in [-0.2, 0) is 0 Å². The number of rotatable bonds is 2. The summed E-state index contributed by atoms with van der Waals surface area (Å²) in [5.41, 5.74) is 0.907. The second-order valence-corrected chi connectivity index (χ2v) is 4.13. The molecule has 0 amide bonds. The molecule has 0 aliphatic carbocycles. The minimum absolute atomic E-state index is 0.907. The van der Waals surface area contributed by atoms with E-state index in [0.29, 0.717) is 0 Å². The van der Waals surface area contributed by atoms with Gasteiger partial charge in [0.25, 0.3) is 0 Å². The van der Waals surface area contributed by atoms with Crippen molar-refractivity contribution in [2.45, 2.75) is 25.9 Å². The van der Waals surface area contributed by atoms with E-state index in [4.69, 9.17) is 0 Å². The summed E-state index contributed by atoms with van der Waals surface area (Å²) >= 11 is 3.02. The molecule has 0 aromatic rings. The minimum atomic E-state index is 0.907. The summed E-state index contributed by atoms with van der Waals surface area (Å²) < 4.78 is 0. The van der Waals surface area contributed by atoms with Gasteiger partial charge in [0.1, 0.15) is 0 Å². The molecule has 0 N–H and O–H groups in total. The van der Waals surface area contributed by atoms with Crippen molar-refractivity contribution in [1.29, 1.82) is 0 Å². The molecule has 0 rings (SSSR count). The van der Waals surface area contributed by atoms with Crippen molar-refractivity contribution >= 4 is 21.9 Å². The summed E-state index contributed by atoms with van der Waals surface area (Å²) in [6.45, 7) is 5.48. The monoisotopic (exact) mass is 169 g/mol. The molecule has 0 fully saturated rings. The van der Waals surface area contributed by atoms with Gasteiger partial charge >= 0.3 is 47.9 Å². The van der Waals surface area contributed by atoms with Crippen LogP contribution in [0.1, 0.15) is 20.3 Å². The Morgan fingerprint density at radius 1 is 1.83 bits per heavy atom. The van der Waals surface area contributed by atoms with Crippen molar-refractivity contribution in [2.75, 3.05) is 0 Å². The molecule has 6 heavy (non-hydrogen) atoms. The van der Waals surface area contributed by atoms with Crippen LogP contribution in [-0.4, -0.2) is 20.8 Å². The molecule has 0 bridgehead atoms. The summed E-state index contributed by atoms with van der Waals surface area (Å²) in [6.07, 6.45) is 1.31. The van der Waals surface area contributed by atoms with Gasteiger partial charge in [-0.3, -0.25) is 0 Å². The van der Waals surface area contributed by atoms with E-state index in [1.54, 1.807) is 0 Å². The topological polar surface area (TPSA) is 0 Å². The van der Waals surface area contributed by atoms with Crippen molar-refractivity contribution in [3.8, 4) is 0 Å². The Bertz CT molecular complexity index is 44.8. The van der Waals surface area contributed by atoms with Gasteiger partial charge in [0.05, 0.1) is 0 Å². The van der Waals surface area contributed by atoms with Crippen molar-refractivity contribution in [3.63, 3.8) is 0 Å². The Morgan fingerprint density at radius 2 is 2.33 bits per heavy atom. The van der Waals surface area contributed by atoms with E-state index in [0.717, 1.165) is 12.5 Å². The standard InChI is InChI=1S/C4H9PSe/c1-3-4(2)5-6/h4H,3H2,1-2H3/p+1. The van der Waals surface area contributed by atoms with Crippen molar-refractivity contribution in [1.82, 2.24) is 0 Å². The predicted molar refractivity (Wildman–Crippen MR) is 33.8 cm³/mol. The van der Waals surface area contributed by atoms with Crippen LogP contribution in [0.4, 0.5) is 0 Å². The van der Waals surface area contributed by atoms with Gasteiger partial charge in [-0.05, 0) is 0 Å². The Balaban J connectivity index is 2.96. The molecule has 0 saturated carbocycles. The van der Waals surface area contributed by atoms with Crippen LogP contribution < -0.4 is 0 Å². The zero-order valence-electron chi connectivity index (χ0n) is 4.19. The molecule has 0 aliphatic rings. The van der Waals surface area contributed by atoms with Crippen LogP contribution >= 0.6 is 6.83 Å². The van der Waals surface area contributed by atoms with Crippen LogP contribution in [0.3, 0.4) is 0 Å². The molecule has 0 aliphatic heterocycles. The van der Waals surface area contributed by atoms with Gasteiger partial charge in [0, 0.05) is 0 Å². The fraction of sp³-hybridized carbons (Fsp3) is 1.00. The van der Waals surface area contributed by atoms with E-state index >= 15 is 0 Å². The first-order valence-corrected chi connectivity index (χ1v) is 5.74. The first-order chi connectivity index (χ1) is 2.81. The van der Waals surface area contributed by atoms with Crippen LogP contribution in [0.5, 0.6) is 0 Å². The molecule has 0 aromatic heterocycles. The Morgan fingerprint density at radius 3 is 2.33 bits per heavy atom. The Hall–Kier alpha value is 0.819.